The summed E-state index contributed by atoms with van der Waals surface area (Å²) in [6, 6.07) is 17.8. The molecule has 4 heteroatoms. The molecule has 1 unspecified atom stereocenters. The van der Waals surface area contributed by atoms with Crippen LogP contribution in [0.1, 0.15) is 23.6 Å². The van der Waals surface area contributed by atoms with E-state index in [4.69, 9.17) is 5.73 Å². The van der Waals surface area contributed by atoms with Gasteiger partial charge in [-0.2, -0.15) is 0 Å². The lowest BCUT2D eigenvalue weighted by molar-refractivity contribution is -0.131. The van der Waals surface area contributed by atoms with Gasteiger partial charge in [0.05, 0.1) is 6.04 Å². The molecule has 0 fully saturated rings. The summed E-state index contributed by atoms with van der Waals surface area (Å²) in [7, 11) is 1.81. The number of likely N-dealkylation sites (N-methyl/N-ethyl adjacent to an activating group) is 1. The van der Waals surface area contributed by atoms with E-state index in [2.05, 4.69) is 31.2 Å². The first kappa shape index (κ1) is 19.2. The van der Waals surface area contributed by atoms with Gasteiger partial charge in [0.25, 0.3) is 0 Å². The van der Waals surface area contributed by atoms with Gasteiger partial charge in [-0.3, -0.25) is 4.79 Å². The Morgan fingerprint density at radius 3 is 2.13 bits per heavy atom. The fraction of sp³-hybridized carbons (Fsp3) is 0.316. The second-order valence-electron chi connectivity index (χ2n) is 5.66. The van der Waals surface area contributed by atoms with Gasteiger partial charge in [0, 0.05) is 13.6 Å². The lowest BCUT2D eigenvalue weighted by Crippen LogP contribution is -2.42. The molecule has 2 N–H and O–H groups in total. The molecule has 1 amide bonds. The monoisotopic (exact) mass is 332 g/mol. The Morgan fingerprint density at radius 2 is 1.57 bits per heavy atom. The van der Waals surface area contributed by atoms with Crippen LogP contribution < -0.4 is 5.73 Å². The fourth-order valence-electron chi connectivity index (χ4n) is 2.47. The van der Waals surface area contributed by atoms with Gasteiger partial charge in [-0.25, -0.2) is 0 Å². The lowest BCUT2D eigenvalue weighted by atomic mass is 10.1. The largest absolute Gasteiger partial charge is 0.340 e. The zero-order chi connectivity index (χ0) is 15.9. The van der Waals surface area contributed by atoms with Crippen molar-refractivity contribution in [3.05, 3.63) is 71.3 Å². The molecule has 1 atom stereocenters. The van der Waals surface area contributed by atoms with Crippen LogP contribution in [0.25, 0.3) is 0 Å². The zero-order valence-corrected chi connectivity index (χ0v) is 14.6. The van der Waals surface area contributed by atoms with Crippen molar-refractivity contribution in [1.29, 1.82) is 0 Å². The third kappa shape index (κ3) is 5.70. The molecule has 0 saturated carbocycles. The van der Waals surface area contributed by atoms with Crippen LogP contribution in [0.5, 0.6) is 0 Å². The predicted molar refractivity (Wildman–Crippen MR) is 97.7 cm³/mol. The standard InChI is InChI=1S/C19H24N2O.ClH/c1-3-15-9-11-17(12-10-15)14-21(2)19(22)18(20)13-16-7-5-4-6-8-16;/h4-12,18H,3,13-14,20H2,1-2H3;1H. The fourth-order valence-corrected chi connectivity index (χ4v) is 2.47. The number of hydrogen-bond donors (Lipinski definition) is 1. The number of amides is 1. The molecular weight excluding hydrogens is 308 g/mol. The molecule has 0 spiro atoms. The maximum Gasteiger partial charge on any atom is 0.239 e. The lowest BCUT2D eigenvalue weighted by Gasteiger charge is -2.21. The Labute approximate surface area is 144 Å². The molecule has 3 nitrogen and oxygen atoms in total. The van der Waals surface area contributed by atoms with Crippen molar-refractivity contribution in [2.45, 2.75) is 32.4 Å². The molecule has 0 radical (unpaired) electrons. The Kier molecular flexibility index (Phi) is 7.79. The van der Waals surface area contributed by atoms with E-state index in [1.165, 1.54) is 5.56 Å². The number of carbonyl (C=O) groups excluding carboxylic acids is 1. The summed E-state index contributed by atoms with van der Waals surface area (Å²) in [5.41, 5.74) is 9.57. The third-order valence-corrected chi connectivity index (χ3v) is 3.84. The van der Waals surface area contributed by atoms with Crippen molar-refractivity contribution in [2.24, 2.45) is 5.73 Å². The summed E-state index contributed by atoms with van der Waals surface area (Å²) in [6.45, 7) is 2.72. The van der Waals surface area contributed by atoms with Gasteiger partial charge in [-0.15, -0.1) is 12.4 Å². The van der Waals surface area contributed by atoms with E-state index in [1.807, 2.05) is 30.3 Å². The Hall–Kier alpha value is -1.84. The average Bonchev–Trinajstić information content (AvgIpc) is 2.55. The number of benzene rings is 2. The van der Waals surface area contributed by atoms with Crippen molar-refractivity contribution >= 4 is 18.3 Å². The molecule has 23 heavy (non-hydrogen) atoms. The normalized spacial score (nSPS) is 11.4. The van der Waals surface area contributed by atoms with Crippen LogP contribution in [-0.2, 0) is 24.2 Å². The summed E-state index contributed by atoms with van der Waals surface area (Å²) in [5.74, 6) is -0.0246. The molecule has 124 valence electrons. The van der Waals surface area contributed by atoms with Crippen molar-refractivity contribution in [2.75, 3.05) is 7.05 Å². The van der Waals surface area contributed by atoms with Gasteiger partial charge in [0.2, 0.25) is 5.91 Å². The predicted octanol–water partition coefficient (Wildman–Crippen LogP) is 3.20. The highest BCUT2D eigenvalue weighted by atomic mass is 35.5. The van der Waals surface area contributed by atoms with Crippen molar-refractivity contribution in [1.82, 2.24) is 4.90 Å². The number of carbonyl (C=O) groups is 1. The maximum absolute atomic E-state index is 12.4. The summed E-state index contributed by atoms with van der Waals surface area (Å²) in [5, 5.41) is 0. The van der Waals surface area contributed by atoms with E-state index < -0.39 is 6.04 Å². The zero-order valence-electron chi connectivity index (χ0n) is 13.7. The molecule has 0 heterocycles. The minimum atomic E-state index is -0.498. The second kappa shape index (κ2) is 9.33. The smallest absolute Gasteiger partial charge is 0.239 e. The molecular formula is C19H25ClN2O. The van der Waals surface area contributed by atoms with Crippen molar-refractivity contribution in [3.63, 3.8) is 0 Å². The van der Waals surface area contributed by atoms with Crippen molar-refractivity contribution < 1.29 is 4.79 Å². The molecule has 0 aromatic heterocycles. The van der Waals surface area contributed by atoms with E-state index in [0.29, 0.717) is 13.0 Å². The summed E-state index contributed by atoms with van der Waals surface area (Å²) in [6.07, 6.45) is 1.59. The van der Waals surface area contributed by atoms with Crippen LogP contribution >= 0.6 is 12.4 Å². The first-order valence-corrected chi connectivity index (χ1v) is 7.72. The van der Waals surface area contributed by atoms with Gasteiger partial charge in [0.1, 0.15) is 0 Å². The molecule has 2 rings (SSSR count). The molecule has 2 aromatic rings. The number of hydrogen-bond acceptors (Lipinski definition) is 2. The summed E-state index contributed by atoms with van der Waals surface area (Å²) in [4.78, 5) is 14.1. The van der Waals surface area contributed by atoms with E-state index in [1.54, 1.807) is 11.9 Å². The Morgan fingerprint density at radius 1 is 1.00 bits per heavy atom. The number of aryl methyl sites for hydroxylation is 1. The Bertz CT molecular complexity index is 599. The summed E-state index contributed by atoms with van der Waals surface area (Å²) < 4.78 is 0. The molecule has 0 aliphatic carbocycles. The molecule has 0 bridgehead atoms. The molecule has 0 aliphatic heterocycles. The quantitative estimate of drug-likeness (QED) is 0.883. The van der Waals surface area contributed by atoms with Crippen LogP contribution in [0.3, 0.4) is 0 Å². The highest BCUT2D eigenvalue weighted by molar-refractivity contribution is 5.85. The highest BCUT2D eigenvalue weighted by Gasteiger charge is 2.18. The van der Waals surface area contributed by atoms with Crippen LogP contribution in [0.4, 0.5) is 0 Å². The number of nitrogens with two attached hydrogens (primary N) is 1. The van der Waals surface area contributed by atoms with E-state index in [0.717, 1.165) is 17.5 Å². The maximum atomic E-state index is 12.4. The topological polar surface area (TPSA) is 46.3 Å². The number of rotatable bonds is 6. The second-order valence-corrected chi connectivity index (χ2v) is 5.66. The van der Waals surface area contributed by atoms with Crippen LogP contribution in [0.15, 0.2) is 54.6 Å². The average molecular weight is 333 g/mol. The van der Waals surface area contributed by atoms with Gasteiger partial charge in [0.15, 0.2) is 0 Å². The first-order chi connectivity index (χ1) is 10.6. The number of halogens is 1. The minimum absolute atomic E-state index is 0. The van der Waals surface area contributed by atoms with Gasteiger partial charge in [-0.05, 0) is 29.5 Å². The SMILES string of the molecule is CCc1ccc(CN(C)C(=O)C(N)Cc2ccccc2)cc1.Cl. The minimum Gasteiger partial charge on any atom is -0.340 e. The van der Waals surface area contributed by atoms with Gasteiger partial charge < -0.3 is 10.6 Å². The molecule has 0 aliphatic rings. The molecule has 0 saturated heterocycles. The van der Waals surface area contributed by atoms with E-state index in [-0.39, 0.29) is 18.3 Å². The van der Waals surface area contributed by atoms with Crippen LogP contribution in [0.2, 0.25) is 0 Å². The third-order valence-electron chi connectivity index (χ3n) is 3.84. The van der Waals surface area contributed by atoms with E-state index >= 15 is 0 Å². The highest BCUT2D eigenvalue weighted by Crippen LogP contribution is 2.09. The molecule has 2 aromatic carbocycles. The van der Waals surface area contributed by atoms with Gasteiger partial charge >= 0.3 is 0 Å². The van der Waals surface area contributed by atoms with Crippen LogP contribution in [-0.4, -0.2) is 23.9 Å². The first-order valence-electron chi connectivity index (χ1n) is 7.72. The number of nitrogens with zero attached hydrogens (tertiary/aromatic N) is 1. The Balaban J connectivity index is 0.00000264. The van der Waals surface area contributed by atoms with E-state index in [9.17, 15) is 4.79 Å². The van der Waals surface area contributed by atoms with Gasteiger partial charge in [-0.1, -0.05) is 61.5 Å². The van der Waals surface area contributed by atoms with Crippen LogP contribution in [0, 0.1) is 0 Å². The van der Waals surface area contributed by atoms with Crippen molar-refractivity contribution in [3.8, 4) is 0 Å². The summed E-state index contributed by atoms with van der Waals surface area (Å²) >= 11 is 0.